The smallest absolute Gasteiger partial charge is 0.246 e. The highest BCUT2D eigenvalue weighted by atomic mass is 35.5. The van der Waals surface area contributed by atoms with E-state index in [4.69, 9.17) is 11.6 Å². The minimum absolute atomic E-state index is 0.413. The quantitative estimate of drug-likeness (QED) is 0.686. The lowest BCUT2D eigenvalue weighted by molar-refractivity contribution is 0.565. The van der Waals surface area contributed by atoms with Crippen molar-refractivity contribution in [2.45, 2.75) is 19.3 Å². The van der Waals surface area contributed by atoms with Crippen molar-refractivity contribution < 1.29 is 0 Å². The molecule has 1 aliphatic rings. The molecule has 0 bridgehead atoms. The third-order valence-electron chi connectivity index (χ3n) is 2.16. The SMILES string of the molecule is Clc1cnnc(N2CCCCC2)n1. The van der Waals surface area contributed by atoms with E-state index in [1.54, 1.807) is 0 Å². The van der Waals surface area contributed by atoms with Gasteiger partial charge in [-0.3, -0.25) is 0 Å². The molecule has 0 radical (unpaired) electrons. The molecular formula is C8H11ClN4. The fourth-order valence-electron chi connectivity index (χ4n) is 1.50. The van der Waals surface area contributed by atoms with Crippen molar-refractivity contribution in [3.8, 4) is 0 Å². The van der Waals surface area contributed by atoms with Crippen LogP contribution in [-0.2, 0) is 0 Å². The van der Waals surface area contributed by atoms with E-state index < -0.39 is 0 Å². The van der Waals surface area contributed by atoms with Gasteiger partial charge in [0.2, 0.25) is 5.95 Å². The van der Waals surface area contributed by atoms with Crippen LogP contribution < -0.4 is 4.90 Å². The highest BCUT2D eigenvalue weighted by Crippen LogP contribution is 2.15. The topological polar surface area (TPSA) is 41.9 Å². The van der Waals surface area contributed by atoms with Crippen LogP contribution in [0.4, 0.5) is 5.95 Å². The van der Waals surface area contributed by atoms with Crippen LogP contribution in [0.25, 0.3) is 0 Å². The van der Waals surface area contributed by atoms with Crippen LogP contribution in [0.3, 0.4) is 0 Å². The molecule has 0 amide bonds. The van der Waals surface area contributed by atoms with Gasteiger partial charge in [0.05, 0.1) is 6.20 Å². The zero-order chi connectivity index (χ0) is 9.10. The Hall–Kier alpha value is -0.900. The summed E-state index contributed by atoms with van der Waals surface area (Å²) in [5.41, 5.74) is 0. The summed E-state index contributed by atoms with van der Waals surface area (Å²) in [7, 11) is 0. The van der Waals surface area contributed by atoms with Gasteiger partial charge in [0.25, 0.3) is 0 Å². The Balaban J connectivity index is 2.14. The lowest BCUT2D eigenvalue weighted by Gasteiger charge is -2.25. The van der Waals surface area contributed by atoms with Crippen molar-refractivity contribution >= 4 is 17.5 Å². The van der Waals surface area contributed by atoms with Gasteiger partial charge in [-0.15, -0.1) is 5.10 Å². The summed E-state index contributed by atoms with van der Waals surface area (Å²) in [6.45, 7) is 2.03. The Labute approximate surface area is 81.9 Å². The van der Waals surface area contributed by atoms with E-state index in [0.29, 0.717) is 11.1 Å². The molecule has 0 aliphatic carbocycles. The molecule has 1 fully saturated rings. The summed E-state index contributed by atoms with van der Waals surface area (Å²) >= 11 is 5.72. The molecule has 4 nitrogen and oxygen atoms in total. The van der Waals surface area contributed by atoms with Gasteiger partial charge in [-0.1, -0.05) is 11.6 Å². The zero-order valence-electron chi connectivity index (χ0n) is 7.28. The van der Waals surface area contributed by atoms with E-state index in [9.17, 15) is 0 Å². The number of halogens is 1. The van der Waals surface area contributed by atoms with Gasteiger partial charge in [0.15, 0.2) is 5.15 Å². The first-order chi connectivity index (χ1) is 6.36. The average molecular weight is 199 g/mol. The van der Waals surface area contributed by atoms with Crippen LogP contribution >= 0.6 is 11.6 Å². The highest BCUT2D eigenvalue weighted by Gasteiger charge is 2.13. The van der Waals surface area contributed by atoms with Gasteiger partial charge < -0.3 is 4.90 Å². The Kier molecular flexibility index (Phi) is 2.59. The number of rotatable bonds is 1. The summed E-state index contributed by atoms with van der Waals surface area (Å²) < 4.78 is 0. The third-order valence-corrected chi connectivity index (χ3v) is 2.34. The molecule has 2 rings (SSSR count). The summed E-state index contributed by atoms with van der Waals surface area (Å²) in [6.07, 6.45) is 5.16. The van der Waals surface area contributed by atoms with E-state index in [1.807, 2.05) is 0 Å². The van der Waals surface area contributed by atoms with E-state index in [1.165, 1.54) is 25.5 Å². The van der Waals surface area contributed by atoms with Crippen molar-refractivity contribution in [3.05, 3.63) is 11.3 Å². The Morgan fingerprint density at radius 2 is 2.00 bits per heavy atom. The molecule has 1 aromatic rings. The maximum atomic E-state index is 5.72. The fraction of sp³-hybridized carbons (Fsp3) is 0.625. The van der Waals surface area contributed by atoms with Gasteiger partial charge in [-0.25, -0.2) is 0 Å². The number of piperidine rings is 1. The van der Waals surface area contributed by atoms with Crippen LogP contribution in [0.15, 0.2) is 6.20 Å². The number of hydrogen-bond acceptors (Lipinski definition) is 4. The Morgan fingerprint density at radius 3 is 2.69 bits per heavy atom. The van der Waals surface area contributed by atoms with Gasteiger partial charge in [0.1, 0.15) is 0 Å². The Bertz CT molecular complexity index is 285. The first-order valence-electron chi connectivity index (χ1n) is 4.46. The molecule has 5 heteroatoms. The maximum Gasteiger partial charge on any atom is 0.246 e. The van der Waals surface area contributed by atoms with Crippen molar-refractivity contribution in [1.82, 2.24) is 15.2 Å². The normalized spacial score (nSPS) is 17.5. The maximum absolute atomic E-state index is 5.72. The molecule has 0 aromatic carbocycles. The minimum atomic E-state index is 0.413. The molecule has 0 N–H and O–H groups in total. The number of anilines is 1. The molecule has 2 heterocycles. The second kappa shape index (κ2) is 3.87. The van der Waals surface area contributed by atoms with Crippen LogP contribution in [0.2, 0.25) is 5.15 Å². The molecule has 1 saturated heterocycles. The first-order valence-corrected chi connectivity index (χ1v) is 4.84. The van der Waals surface area contributed by atoms with E-state index >= 15 is 0 Å². The molecular weight excluding hydrogens is 188 g/mol. The monoisotopic (exact) mass is 198 g/mol. The molecule has 0 atom stereocenters. The van der Waals surface area contributed by atoms with Gasteiger partial charge in [0, 0.05) is 13.1 Å². The Morgan fingerprint density at radius 1 is 1.23 bits per heavy atom. The lowest BCUT2D eigenvalue weighted by Crippen LogP contribution is -2.31. The average Bonchev–Trinajstić information content (AvgIpc) is 2.19. The van der Waals surface area contributed by atoms with Crippen molar-refractivity contribution in [2.24, 2.45) is 0 Å². The van der Waals surface area contributed by atoms with Gasteiger partial charge >= 0.3 is 0 Å². The molecule has 70 valence electrons. The summed E-state index contributed by atoms with van der Waals surface area (Å²) in [5, 5.41) is 8.13. The van der Waals surface area contributed by atoms with Crippen molar-refractivity contribution in [2.75, 3.05) is 18.0 Å². The van der Waals surface area contributed by atoms with Crippen LogP contribution in [0.5, 0.6) is 0 Å². The van der Waals surface area contributed by atoms with Crippen LogP contribution in [-0.4, -0.2) is 28.3 Å². The third kappa shape index (κ3) is 2.06. The fourth-order valence-corrected chi connectivity index (χ4v) is 1.62. The van der Waals surface area contributed by atoms with Gasteiger partial charge in [-0.2, -0.15) is 10.1 Å². The number of nitrogens with zero attached hydrogens (tertiary/aromatic N) is 4. The molecule has 0 unspecified atom stereocenters. The molecule has 1 aromatic heterocycles. The standard InChI is InChI=1S/C8H11ClN4/c9-7-6-10-12-8(11-7)13-4-2-1-3-5-13/h6H,1-5H2. The lowest BCUT2D eigenvalue weighted by atomic mass is 10.1. The number of hydrogen-bond donors (Lipinski definition) is 0. The van der Waals surface area contributed by atoms with E-state index in [2.05, 4.69) is 20.1 Å². The van der Waals surface area contributed by atoms with Gasteiger partial charge in [-0.05, 0) is 19.3 Å². The van der Waals surface area contributed by atoms with E-state index in [-0.39, 0.29) is 0 Å². The van der Waals surface area contributed by atoms with Crippen molar-refractivity contribution in [1.29, 1.82) is 0 Å². The molecule has 0 saturated carbocycles. The first kappa shape index (κ1) is 8.69. The van der Waals surface area contributed by atoms with Crippen LogP contribution in [0, 0.1) is 0 Å². The minimum Gasteiger partial charge on any atom is -0.339 e. The summed E-state index contributed by atoms with van der Waals surface area (Å²) in [4.78, 5) is 6.24. The zero-order valence-corrected chi connectivity index (χ0v) is 8.04. The molecule has 1 aliphatic heterocycles. The molecule has 13 heavy (non-hydrogen) atoms. The largest absolute Gasteiger partial charge is 0.339 e. The molecule has 0 spiro atoms. The van der Waals surface area contributed by atoms with Crippen molar-refractivity contribution in [3.63, 3.8) is 0 Å². The second-order valence-corrected chi connectivity index (χ2v) is 3.51. The summed E-state index contributed by atoms with van der Waals surface area (Å²) in [5.74, 6) is 0.659. The van der Waals surface area contributed by atoms with E-state index in [0.717, 1.165) is 13.1 Å². The predicted octanol–water partition coefficient (Wildman–Crippen LogP) is 1.52. The number of aromatic nitrogens is 3. The van der Waals surface area contributed by atoms with Crippen LogP contribution in [0.1, 0.15) is 19.3 Å². The predicted molar refractivity (Wildman–Crippen MR) is 50.9 cm³/mol. The summed E-state index contributed by atoms with van der Waals surface area (Å²) in [6, 6.07) is 0. The highest BCUT2D eigenvalue weighted by molar-refractivity contribution is 6.29. The second-order valence-electron chi connectivity index (χ2n) is 3.13.